The summed E-state index contributed by atoms with van der Waals surface area (Å²) >= 11 is 4.95. The Labute approximate surface area is 90.8 Å². The molecule has 2 rings (SSSR count). The van der Waals surface area contributed by atoms with Crippen LogP contribution in [0.1, 0.15) is 5.56 Å². The van der Waals surface area contributed by atoms with E-state index in [2.05, 4.69) is 15.2 Å². The van der Waals surface area contributed by atoms with Crippen LogP contribution in [-0.4, -0.2) is 19.7 Å². The maximum Gasteiger partial charge on any atom is 0.342 e. The lowest BCUT2D eigenvalue weighted by atomic mass is 10.2. The van der Waals surface area contributed by atoms with Crippen molar-refractivity contribution in [2.45, 2.75) is 13.0 Å². The average Bonchev–Trinajstić information content (AvgIpc) is 2.58. The summed E-state index contributed by atoms with van der Waals surface area (Å²) in [5.74, 6) is 0. The highest BCUT2D eigenvalue weighted by Crippen LogP contribution is 1.98. The van der Waals surface area contributed by atoms with Gasteiger partial charge in [-0.2, -0.15) is 0 Å². The summed E-state index contributed by atoms with van der Waals surface area (Å²) in [6.45, 7) is 0.571. The lowest BCUT2D eigenvalue weighted by Gasteiger charge is -2.00. The van der Waals surface area contributed by atoms with Gasteiger partial charge in [0.1, 0.15) is 0 Å². The third-order valence-electron chi connectivity index (χ3n) is 2.14. The van der Waals surface area contributed by atoms with Crippen LogP contribution in [0.3, 0.4) is 0 Å². The highest BCUT2D eigenvalue weighted by atomic mass is 32.1. The number of pyridine rings is 1. The predicted octanol–water partition coefficient (Wildman–Crippen LogP) is 0.872. The molecule has 0 saturated heterocycles. The molecule has 0 amide bonds. The molecule has 0 atom stereocenters. The lowest BCUT2D eigenvalue weighted by molar-refractivity contribution is 0.663. The molecular formula is C9H10N4OS. The van der Waals surface area contributed by atoms with E-state index >= 15 is 0 Å². The van der Waals surface area contributed by atoms with Crippen molar-refractivity contribution in [3.05, 3.63) is 45.3 Å². The molecular weight excluding hydrogens is 212 g/mol. The quantitative estimate of drug-likeness (QED) is 0.757. The summed E-state index contributed by atoms with van der Waals surface area (Å²) in [7, 11) is 0. The van der Waals surface area contributed by atoms with E-state index in [0.29, 0.717) is 11.3 Å². The minimum absolute atomic E-state index is 0.200. The molecule has 2 N–H and O–H groups in total. The SMILES string of the molecule is O=c1[nH][nH]c(=S)n1CCc1ccncc1. The third-order valence-corrected chi connectivity index (χ3v) is 2.46. The fourth-order valence-corrected chi connectivity index (χ4v) is 1.55. The number of rotatable bonds is 3. The first-order chi connectivity index (χ1) is 7.27. The minimum Gasteiger partial charge on any atom is -0.272 e. The first-order valence-corrected chi connectivity index (χ1v) is 4.94. The summed E-state index contributed by atoms with van der Waals surface area (Å²) in [5, 5.41) is 5.04. The Balaban J connectivity index is 2.12. The van der Waals surface area contributed by atoms with Crippen molar-refractivity contribution >= 4 is 12.2 Å². The Kier molecular flexibility index (Phi) is 2.77. The van der Waals surface area contributed by atoms with Gasteiger partial charge in [-0.25, -0.2) is 9.89 Å². The summed E-state index contributed by atoms with van der Waals surface area (Å²) in [6, 6.07) is 3.84. The second-order valence-electron chi connectivity index (χ2n) is 3.12. The molecule has 0 spiro atoms. The van der Waals surface area contributed by atoms with Gasteiger partial charge in [0.2, 0.25) is 0 Å². The standard InChI is InChI=1S/C9H10N4OS/c14-8-11-12-9(15)13(8)6-3-7-1-4-10-5-2-7/h1-2,4-5H,3,6H2,(H,11,14)(H,12,15). The number of hydrogen-bond donors (Lipinski definition) is 2. The van der Waals surface area contributed by atoms with Gasteiger partial charge in [-0.15, -0.1) is 0 Å². The number of nitrogens with zero attached hydrogens (tertiary/aromatic N) is 2. The minimum atomic E-state index is -0.200. The summed E-state index contributed by atoms with van der Waals surface area (Å²) in [4.78, 5) is 15.2. The van der Waals surface area contributed by atoms with Gasteiger partial charge in [-0.3, -0.25) is 14.6 Å². The molecule has 0 aliphatic heterocycles. The Morgan fingerprint density at radius 1 is 1.33 bits per heavy atom. The normalized spacial score (nSPS) is 10.4. The molecule has 0 aliphatic carbocycles. The van der Waals surface area contributed by atoms with Crippen LogP contribution in [0.15, 0.2) is 29.3 Å². The second-order valence-corrected chi connectivity index (χ2v) is 3.50. The number of aryl methyl sites for hydroxylation is 1. The molecule has 2 heterocycles. The zero-order chi connectivity index (χ0) is 10.7. The Morgan fingerprint density at radius 2 is 2.07 bits per heavy atom. The van der Waals surface area contributed by atoms with Crippen molar-refractivity contribution in [2.24, 2.45) is 0 Å². The Bertz CT molecular complexity index is 511. The van der Waals surface area contributed by atoms with Crippen LogP contribution in [-0.2, 0) is 13.0 Å². The van der Waals surface area contributed by atoms with E-state index in [4.69, 9.17) is 12.2 Å². The molecule has 0 fully saturated rings. The summed E-state index contributed by atoms with van der Waals surface area (Å²) in [5.41, 5.74) is 0.932. The molecule has 0 aromatic carbocycles. The topological polar surface area (TPSA) is 66.5 Å². The van der Waals surface area contributed by atoms with Crippen LogP contribution in [0.2, 0.25) is 0 Å². The largest absolute Gasteiger partial charge is 0.342 e. The smallest absolute Gasteiger partial charge is 0.272 e. The van der Waals surface area contributed by atoms with Crippen LogP contribution in [0.5, 0.6) is 0 Å². The molecule has 5 nitrogen and oxygen atoms in total. The van der Waals surface area contributed by atoms with Crippen LogP contribution in [0.4, 0.5) is 0 Å². The van der Waals surface area contributed by atoms with Gasteiger partial charge in [0.25, 0.3) is 0 Å². The van der Waals surface area contributed by atoms with Gasteiger partial charge < -0.3 is 0 Å². The van der Waals surface area contributed by atoms with Crippen molar-refractivity contribution in [2.75, 3.05) is 0 Å². The molecule has 2 aromatic rings. The van der Waals surface area contributed by atoms with Crippen molar-refractivity contribution in [3.8, 4) is 0 Å². The van der Waals surface area contributed by atoms with E-state index in [-0.39, 0.29) is 5.69 Å². The highest BCUT2D eigenvalue weighted by molar-refractivity contribution is 7.71. The maximum atomic E-state index is 11.3. The Hall–Kier alpha value is -1.69. The van der Waals surface area contributed by atoms with Gasteiger partial charge in [-0.1, -0.05) is 0 Å². The highest BCUT2D eigenvalue weighted by Gasteiger charge is 1.99. The number of H-pyrrole nitrogens is 2. The maximum absolute atomic E-state index is 11.3. The van der Waals surface area contributed by atoms with E-state index in [9.17, 15) is 4.79 Å². The number of aromatic amines is 2. The fraction of sp³-hybridized carbons (Fsp3) is 0.222. The van der Waals surface area contributed by atoms with E-state index in [0.717, 1.165) is 12.0 Å². The molecule has 6 heteroatoms. The van der Waals surface area contributed by atoms with Gasteiger partial charge >= 0.3 is 5.69 Å². The van der Waals surface area contributed by atoms with Gasteiger partial charge in [0, 0.05) is 18.9 Å². The van der Waals surface area contributed by atoms with Crippen LogP contribution in [0.25, 0.3) is 0 Å². The van der Waals surface area contributed by atoms with Crippen molar-refractivity contribution in [3.63, 3.8) is 0 Å². The zero-order valence-electron chi connectivity index (χ0n) is 7.93. The molecule has 15 heavy (non-hydrogen) atoms. The molecule has 2 aromatic heterocycles. The van der Waals surface area contributed by atoms with Crippen molar-refractivity contribution in [1.82, 2.24) is 19.7 Å². The first-order valence-electron chi connectivity index (χ1n) is 4.54. The molecule has 0 unspecified atom stereocenters. The third kappa shape index (κ3) is 2.21. The molecule has 78 valence electrons. The Morgan fingerprint density at radius 3 is 2.67 bits per heavy atom. The van der Waals surface area contributed by atoms with Gasteiger partial charge in [0.15, 0.2) is 4.77 Å². The lowest BCUT2D eigenvalue weighted by Crippen LogP contribution is -2.18. The number of hydrogen-bond acceptors (Lipinski definition) is 3. The predicted molar refractivity (Wildman–Crippen MR) is 58.2 cm³/mol. The van der Waals surface area contributed by atoms with Crippen LogP contribution >= 0.6 is 12.2 Å². The monoisotopic (exact) mass is 222 g/mol. The molecule has 0 aliphatic rings. The van der Waals surface area contributed by atoms with Gasteiger partial charge in [0.05, 0.1) is 0 Å². The zero-order valence-corrected chi connectivity index (χ0v) is 8.75. The number of aromatic nitrogens is 4. The van der Waals surface area contributed by atoms with Crippen molar-refractivity contribution < 1.29 is 0 Å². The summed E-state index contributed by atoms with van der Waals surface area (Å²) < 4.78 is 1.92. The van der Waals surface area contributed by atoms with Gasteiger partial charge in [-0.05, 0) is 36.3 Å². The average molecular weight is 222 g/mol. The van der Waals surface area contributed by atoms with Crippen molar-refractivity contribution in [1.29, 1.82) is 0 Å². The molecule has 0 radical (unpaired) electrons. The molecule has 0 saturated carbocycles. The molecule has 0 bridgehead atoms. The van der Waals surface area contributed by atoms with E-state index in [1.165, 1.54) is 4.57 Å². The van der Waals surface area contributed by atoms with Crippen LogP contribution < -0.4 is 5.69 Å². The second kappa shape index (κ2) is 4.22. The van der Waals surface area contributed by atoms with E-state index in [1.54, 1.807) is 12.4 Å². The first kappa shape index (κ1) is 9.85. The van der Waals surface area contributed by atoms with Crippen LogP contribution in [0, 0.1) is 4.77 Å². The van der Waals surface area contributed by atoms with E-state index in [1.807, 2.05) is 12.1 Å². The van der Waals surface area contributed by atoms with E-state index < -0.39 is 0 Å². The fourth-order valence-electron chi connectivity index (χ4n) is 1.33. The summed E-state index contributed by atoms with van der Waals surface area (Å²) in [6.07, 6.45) is 4.23. The number of nitrogens with one attached hydrogen (secondary N) is 2.